The van der Waals surface area contributed by atoms with Crippen molar-refractivity contribution in [2.45, 2.75) is 63.1 Å². The highest BCUT2D eigenvalue weighted by Crippen LogP contribution is 2.39. The maximum Gasteiger partial charge on any atom is 0.224 e. The fourth-order valence-corrected chi connectivity index (χ4v) is 4.93. The first kappa shape index (κ1) is 21.1. The Morgan fingerprint density at radius 3 is 2.62 bits per heavy atom. The van der Waals surface area contributed by atoms with Crippen LogP contribution in [0, 0.1) is 11.7 Å². The number of aromatic nitrogens is 4. The van der Waals surface area contributed by atoms with Crippen molar-refractivity contribution in [3.8, 4) is 0 Å². The van der Waals surface area contributed by atoms with E-state index >= 15 is 0 Å². The smallest absolute Gasteiger partial charge is 0.224 e. The third-order valence-electron chi connectivity index (χ3n) is 6.72. The molecule has 4 N–H and O–H groups in total. The first-order chi connectivity index (χ1) is 15.6. The van der Waals surface area contributed by atoms with Gasteiger partial charge in [0.2, 0.25) is 11.9 Å². The standard InChI is InChI=1S/C23H29FN6O2/c24-18-3-1-2-4-19(18)27-23-28-20-12-25-22(26-15-6-9-17(32)10-7-15)29-21(20)30(23)16-8-5-14(11-16)13-31/h1-4,12,14-17,31-32H,5-11,13H2,(H,27,28)(H,25,26,29)/t14-,15-,16+,17-/m1/s1. The predicted molar refractivity (Wildman–Crippen MR) is 120 cm³/mol. The lowest BCUT2D eigenvalue weighted by Gasteiger charge is -2.26. The SMILES string of the molecule is OC[C@@H]1CC[C@H](n2c(Nc3ccccc3F)nc3cnc(N[C@H]4CC[C@H](O)CC4)nc32)C1. The quantitative estimate of drug-likeness (QED) is 0.462. The number of para-hydroxylation sites is 1. The van der Waals surface area contributed by atoms with Crippen molar-refractivity contribution < 1.29 is 14.6 Å². The minimum absolute atomic E-state index is 0.110. The van der Waals surface area contributed by atoms with Gasteiger partial charge in [0.1, 0.15) is 11.3 Å². The number of halogens is 1. The lowest BCUT2D eigenvalue weighted by Crippen LogP contribution is -2.29. The molecule has 2 heterocycles. The van der Waals surface area contributed by atoms with Gasteiger partial charge in [0.25, 0.3) is 0 Å². The molecule has 2 fully saturated rings. The molecule has 0 unspecified atom stereocenters. The Balaban J connectivity index is 1.49. The number of fused-ring (bicyclic) bond motifs is 1. The number of rotatable bonds is 6. The molecule has 2 aliphatic rings. The van der Waals surface area contributed by atoms with Crippen LogP contribution in [0.15, 0.2) is 30.5 Å². The van der Waals surface area contributed by atoms with E-state index in [4.69, 9.17) is 4.98 Å². The molecule has 32 heavy (non-hydrogen) atoms. The monoisotopic (exact) mass is 440 g/mol. The number of benzene rings is 1. The van der Waals surface area contributed by atoms with Crippen molar-refractivity contribution in [1.82, 2.24) is 19.5 Å². The Hall–Kier alpha value is -2.78. The van der Waals surface area contributed by atoms with Crippen molar-refractivity contribution >= 4 is 28.7 Å². The van der Waals surface area contributed by atoms with E-state index in [2.05, 4.69) is 20.6 Å². The van der Waals surface area contributed by atoms with Crippen LogP contribution < -0.4 is 10.6 Å². The Labute approximate surface area is 185 Å². The molecule has 0 spiro atoms. The zero-order valence-corrected chi connectivity index (χ0v) is 17.9. The molecular weight excluding hydrogens is 411 g/mol. The summed E-state index contributed by atoms with van der Waals surface area (Å²) in [5, 5.41) is 25.9. The van der Waals surface area contributed by atoms with Crippen LogP contribution in [0.4, 0.5) is 22.0 Å². The Kier molecular flexibility index (Phi) is 5.93. The van der Waals surface area contributed by atoms with E-state index in [1.165, 1.54) is 6.07 Å². The lowest BCUT2D eigenvalue weighted by molar-refractivity contribution is 0.126. The molecule has 8 nitrogen and oxygen atoms in total. The molecule has 3 aromatic rings. The summed E-state index contributed by atoms with van der Waals surface area (Å²) in [5.41, 5.74) is 1.69. The van der Waals surface area contributed by atoms with Crippen LogP contribution in [-0.2, 0) is 0 Å². The van der Waals surface area contributed by atoms with Gasteiger partial charge in [0.05, 0.1) is 18.0 Å². The molecule has 9 heteroatoms. The molecule has 5 rings (SSSR count). The van der Waals surface area contributed by atoms with Gasteiger partial charge in [-0.05, 0) is 63.0 Å². The molecule has 0 amide bonds. The summed E-state index contributed by atoms with van der Waals surface area (Å²) in [6.45, 7) is 0.161. The maximum atomic E-state index is 14.3. The molecule has 0 saturated heterocycles. The van der Waals surface area contributed by atoms with Crippen molar-refractivity contribution in [3.05, 3.63) is 36.3 Å². The van der Waals surface area contributed by atoms with Crippen molar-refractivity contribution in [1.29, 1.82) is 0 Å². The van der Waals surface area contributed by atoms with E-state index in [9.17, 15) is 14.6 Å². The van der Waals surface area contributed by atoms with Crippen LogP contribution in [0.1, 0.15) is 51.0 Å². The second kappa shape index (κ2) is 8.99. The molecule has 2 aliphatic carbocycles. The van der Waals surface area contributed by atoms with E-state index in [0.29, 0.717) is 28.7 Å². The van der Waals surface area contributed by atoms with Gasteiger partial charge in [-0.25, -0.2) is 14.4 Å². The van der Waals surface area contributed by atoms with Gasteiger partial charge in [-0.2, -0.15) is 4.98 Å². The molecule has 2 aromatic heterocycles. The third kappa shape index (κ3) is 4.27. The van der Waals surface area contributed by atoms with Crippen molar-refractivity contribution in [2.24, 2.45) is 5.92 Å². The van der Waals surface area contributed by atoms with Crippen LogP contribution in [0.2, 0.25) is 0 Å². The first-order valence-corrected chi connectivity index (χ1v) is 11.4. The highest BCUT2D eigenvalue weighted by Gasteiger charge is 2.30. The summed E-state index contributed by atoms with van der Waals surface area (Å²) in [4.78, 5) is 13.9. The molecule has 2 saturated carbocycles. The summed E-state index contributed by atoms with van der Waals surface area (Å²) in [7, 11) is 0. The number of aliphatic hydroxyl groups is 2. The second-order valence-electron chi connectivity index (χ2n) is 8.98. The summed E-state index contributed by atoms with van der Waals surface area (Å²) < 4.78 is 16.4. The van der Waals surface area contributed by atoms with Gasteiger partial charge in [-0.1, -0.05) is 12.1 Å². The van der Waals surface area contributed by atoms with Gasteiger partial charge in [0, 0.05) is 18.7 Å². The van der Waals surface area contributed by atoms with Crippen LogP contribution in [0.3, 0.4) is 0 Å². The Morgan fingerprint density at radius 2 is 1.88 bits per heavy atom. The molecule has 0 radical (unpaired) electrons. The lowest BCUT2D eigenvalue weighted by atomic mass is 9.93. The minimum atomic E-state index is -0.348. The van der Waals surface area contributed by atoms with Gasteiger partial charge in [-0.15, -0.1) is 0 Å². The highest BCUT2D eigenvalue weighted by molar-refractivity contribution is 5.76. The summed E-state index contributed by atoms with van der Waals surface area (Å²) in [6.07, 6.45) is 7.44. The zero-order chi connectivity index (χ0) is 22.1. The average molecular weight is 441 g/mol. The first-order valence-electron chi connectivity index (χ1n) is 11.4. The maximum absolute atomic E-state index is 14.3. The molecule has 0 bridgehead atoms. The topological polar surface area (TPSA) is 108 Å². The third-order valence-corrected chi connectivity index (χ3v) is 6.72. The number of imidazole rings is 1. The number of aliphatic hydroxyl groups excluding tert-OH is 2. The van der Waals surface area contributed by atoms with Crippen molar-refractivity contribution in [3.63, 3.8) is 0 Å². The fourth-order valence-electron chi connectivity index (χ4n) is 4.93. The Morgan fingerprint density at radius 1 is 1.06 bits per heavy atom. The number of anilines is 3. The molecule has 1 aromatic carbocycles. The molecule has 0 aliphatic heterocycles. The second-order valence-corrected chi connectivity index (χ2v) is 8.98. The zero-order valence-electron chi connectivity index (χ0n) is 17.9. The fraction of sp³-hybridized carbons (Fsp3) is 0.522. The summed E-state index contributed by atoms with van der Waals surface area (Å²) in [6, 6.07) is 6.86. The molecule has 170 valence electrons. The van der Waals surface area contributed by atoms with Crippen molar-refractivity contribution in [2.75, 3.05) is 17.2 Å². The normalized spacial score (nSPS) is 25.8. The number of hydrogen-bond donors (Lipinski definition) is 4. The largest absolute Gasteiger partial charge is 0.396 e. The van der Waals surface area contributed by atoms with Gasteiger partial charge >= 0.3 is 0 Å². The minimum Gasteiger partial charge on any atom is -0.396 e. The Bertz CT molecular complexity index is 1080. The van der Waals surface area contributed by atoms with E-state index < -0.39 is 0 Å². The van der Waals surface area contributed by atoms with E-state index in [1.807, 2.05) is 4.57 Å². The van der Waals surface area contributed by atoms with Crippen LogP contribution >= 0.6 is 0 Å². The average Bonchev–Trinajstić information content (AvgIpc) is 3.40. The molecular formula is C23H29FN6O2. The summed E-state index contributed by atoms with van der Waals surface area (Å²) >= 11 is 0. The number of nitrogens with zero attached hydrogens (tertiary/aromatic N) is 4. The van der Waals surface area contributed by atoms with Gasteiger partial charge in [-0.3, -0.25) is 4.57 Å². The number of nitrogens with one attached hydrogen (secondary N) is 2. The van der Waals surface area contributed by atoms with E-state index in [0.717, 1.165) is 44.9 Å². The summed E-state index contributed by atoms with van der Waals surface area (Å²) in [5.74, 6) is 0.959. The van der Waals surface area contributed by atoms with Crippen LogP contribution in [-0.4, -0.2) is 48.5 Å². The highest BCUT2D eigenvalue weighted by atomic mass is 19.1. The van der Waals surface area contributed by atoms with E-state index in [1.54, 1.807) is 24.4 Å². The van der Waals surface area contributed by atoms with Crippen LogP contribution in [0.25, 0.3) is 11.2 Å². The number of hydrogen-bond acceptors (Lipinski definition) is 7. The van der Waals surface area contributed by atoms with Gasteiger partial charge < -0.3 is 20.8 Å². The van der Waals surface area contributed by atoms with E-state index in [-0.39, 0.29) is 36.5 Å². The van der Waals surface area contributed by atoms with Crippen LogP contribution in [0.5, 0.6) is 0 Å². The van der Waals surface area contributed by atoms with Gasteiger partial charge in [0.15, 0.2) is 5.65 Å². The molecule has 2 atom stereocenters. The predicted octanol–water partition coefficient (Wildman–Crippen LogP) is 3.76.